The van der Waals surface area contributed by atoms with Crippen molar-refractivity contribution in [2.24, 2.45) is 11.8 Å². The average molecular weight is 418 g/mol. The molecule has 1 heterocycles. The number of benzene rings is 1. The van der Waals surface area contributed by atoms with Gasteiger partial charge < -0.3 is 5.11 Å². The zero-order valence-corrected chi connectivity index (χ0v) is 18.8. The van der Waals surface area contributed by atoms with Gasteiger partial charge in [-0.05, 0) is 63.7 Å². The highest BCUT2D eigenvalue weighted by Crippen LogP contribution is 2.32. The summed E-state index contributed by atoms with van der Waals surface area (Å²) in [5.41, 5.74) is 3.39. The highest BCUT2D eigenvalue weighted by Gasteiger charge is 2.35. The lowest BCUT2D eigenvalue weighted by Crippen LogP contribution is -2.28. The molecular weight excluding hydrogens is 382 g/mol. The van der Waals surface area contributed by atoms with E-state index >= 15 is 0 Å². The van der Waals surface area contributed by atoms with Crippen LogP contribution in [0.3, 0.4) is 0 Å². The Kier molecular flexibility index (Phi) is 7.36. The summed E-state index contributed by atoms with van der Waals surface area (Å²) in [4.78, 5) is 0.355. The zero-order chi connectivity index (χ0) is 21.0. The minimum absolute atomic E-state index is 0.0822. The Morgan fingerprint density at radius 2 is 1.83 bits per heavy atom. The number of aliphatic hydroxyl groups excluding tert-OH is 1. The summed E-state index contributed by atoms with van der Waals surface area (Å²) in [6, 6.07) is 7.07. The fourth-order valence-electron chi connectivity index (χ4n) is 4.54. The van der Waals surface area contributed by atoms with Crippen LogP contribution in [0.15, 0.2) is 52.5 Å². The number of hydrogen-bond acceptors (Lipinski definition) is 3. The van der Waals surface area contributed by atoms with E-state index in [2.05, 4.69) is 26.0 Å². The molecule has 1 aliphatic carbocycles. The van der Waals surface area contributed by atoms with Crippen LogP contribution in [0.25, 0.3) is 0 Å². The minimum Gasteiger partial charge on any atom is -0.393 e. The summed E-state index contributed by atoms with van der Waals surface area (Å²) in [5, 5.41) is 10.5. The second-order valence-electron chi connectivity index (χ2n) is 8.87. The Morgan fingerprint density at radius 1 is 1.17 bits per heavy atom. The van der Waals surface area contributed by atoms with Crippen LogP contribution in [0.4, 0.5) is 0 Å². The summed E-state index contributed by atoms with van der Waals surface area (Å²) in [5.74, 6) is 0.497. The van der Waals surface area contributed by atoms with Gasteiger partial charge in [-0.1, -0.05) is 54.7 Å². The van der Waals surface area contributed by atoms with Crippen LogP contribution < -0.4 is 0 Å². The van der Waals surface area contributed by atoms with E-state index in [0.29, 0.717) is 30.3 Å². The summed E-state index contributed by atoms with van der Waals surface area (Å²) in [6.45, 7) is 6.96. The fraction of sp³-hybridized carbons (Fsp3) is 0.583. The molecule has 1 N–H and O–H groups in total. The van der Waals surface area contributed by atoms with Crippen molar-refractivity contribution < 1.29 is 13.5 Å². The highest BCUT2D eigenvalue weighted by molar-refractivity contribution is 7.89. The van der Waals surface area contributed by atoms with Crippen molar-refractivity contribution in [2.45, 2.75) is 70.3 Å². The molecule has 0 amide bonds. The predicted octanol–water partition coefficient (Wildman–Crippen LogP) is 4.84. The van der Waals surface area contributed by atoms with Gasteiger partial charge in [0.1, 0.15) is 0 Å². The lowest BCUT2D eigenvalue weighted by molar-refractivity contribution is 0.0873. The van der Waals surface area contributed by atoms with E-state index in [4.69, 9.17) is 0 Å². The first-order valence-corrected chi connectivity index (χ1v) is 12.3. The lowest BCUT2D eigenvalue weighted by Gasteiger charge is -2.25. The van der Waals surface area contributed by atoms with Crippen molar-refractivity contribution in [1.82, 2.24) is 4.31 Å². The van der Waals surface area contributed by atoms with E-state index in [1.165, 1.54) is 30.4 Å². The van der Waals surface area contributed by atoms with E-state index in [0.717, 1.165) is 18.4 Å². The highest BCUT2D eigenvalue weighted by atomic mass is 32.2. The molecule has 160 valence electrons. The van der Waals surface area contributed by atoms with Crippen molar-refractivity contribution in [3.05, 3.63) is 53.1 Å². The zero-order valence-electron chi connectivity index (χ0n) is 18.0. The van der Waals surface area contributed by atoms with Crippen LogP contribution in [-0.4, -0.2) is 37.0 Å². The molecule has 0 spiro atoms. The van der Waals surface area contributed by atoms with E-state index in [9.17, 15) is 13.5 Å². The fourth-order valence-corrected chi connectivity index (χ4v) is 5.99. The van der Waals surface area contributed by atoms with Gasteiger partial charge in [-0.3, -0.25) is 0 Å². The molecule has 1 aromatic rings. The third-order valence-corrected chi connectivity index (χ3v) is 8.26. The summed E-state index contributed by atoms with van der Waals surface area (Å²) in [6.07, 6.45) is 10.5. The monoisotopic (exact) mass is 417 g/mol. The maximum Gasteiger partial charge on any atom is 0.243 e. The van der Waals surface area contributed by atoms with Gasteiger partial charge in [0.25, 0.3) is 0 Å². The Balaban J connectivity index is 1.69. The Labute approximate surface area is 176 Å². The molecule has 5 heteroatoms. The SMILES string of the molecule is CC(C)=C1CN(S(=O)(=O)c2ccc(C)cc2)C[C@@H]1/C=C/C[C@@H](O)C1CCCCC1. The smallest absolute Gasteiger partial charge is 0.243 e. The number of hydrogen-bond donors (Lipinski definition) is 1. The molecule has 0 unspecified atom stereocenters. The number of aryl methyl sites for hydroxylation is 1. The molecule has 29 heavy (non-hydrogen) atoms. The van der Waals surface area contributed by atoms with Crippen LogP contribution in [0.1, 0.15) is 57.9 Å². The molecule has 0 aromatic heterocycles. The molecule has 0 bridgehead atoms. The first-order chi connectivity index (χ1) is 13.8. The molecule has 2 atom stereocenters. The third-order valence-electron chi connectivity index (χ3n) is 6.44. The number of nitrogens with zero attached hydrogens (tertiary/aromatic N) is 1. The van der Waals surface area contributed by atoms with E-state index in [1.807, 2.05) is 19.1 Å². The summed E-state index contributed by atoms with van der Waals surface area (Å²) >= 11 is 0. The van der Waals surface area contributed by atoms with Gasteiger partial charge in [0.2, 0.25) is 10.0 Å². The Bertz CT molecular complexity index is 845. The van der Waals surface area contributed by atoms with Crippen molar-refractivity contribution in [2.75, 3.05) is 13.1 Å². The first-order valence-electron chi connectivity index (χ1n) is 10.9. The molecule has 4 nitrogen and oxygen atoms in total. The van der Waals surface area contributed by atoms with Crippen LogP contribution >= 0.6 is 0 Å². The third kappa shape index (κ3) is 5.39. The van der Waals surface area contributed by atoms with E-state index in [1.54, 1.807) is 16.4 Å². The minimum atomic E-state index is -3.50. The van der Waals surface area contributed by atoms with E-state index in [-0.39, 0.29) is 12.0 Å². The maximum atomic E-state index is 13.1. The average Bonchev–Trinajstić information content (AvgIpc) is 3.14. The van der Waals surface area contributed by atoms with Gasteiger partial charge in [-0.2, -0.15) is 4.31 Å². The number of aliphatic hydroxyl groups is 1. The second kappa shape index (κ2) is 9.59. The van der Waals surface area contributed by atoms with Crippen LogP contribution in [-0.2, 0) is 10.0 Å². The predicted molar refractivity (Wildman–Crippen MR) is 118 cm³/mol. The number of rotatable bonds is 6. The van der Waals surface area contributed by atoms with E-state index < -0.39 is 10.0 Å². The van der Waals surface area contributed by atoms with Gasteiger partial charge in [0, 0.05) is 19.0 Å². The molecule has 1 saturated carbocycles. The topological polar surface area (TPSA) is 57.6 Å². The molecule has 2 fully saturated rings. The first kappa shape index (κ1) is 22.3. The van der Waals surface area contributed by atoms with Gasteiger partial charge in [-0.25, -0.2) is 8.42 Å². The molecule has 1 aliphatic heterocycles. The summed E-state index contributed by atoms with van der Waals surface area (Å²) < 4.78 is 27.8. The lowest BCUT2D eigenvalue weighted by atomic mass is 9.84. The van der Waals surface area contributed by atoms with Crippen molar-refractivity contribution in [3.8, 4) is 0 Å². The van der Waals surface area contributed by atoms with Crippen LogP contribution in [0.5, 0.6) is 0 Å². The van der Waals surface area contributed by atoms with Crippen molar-refractivity contribution >= 4 is 10.0 Å². The van der Waals surface area contributed by atoms with Gasteiger partial charge in [-0.15, -0.1) is 0 Å². The van der Waals surface area contributed by atoms with Gasteiger partial charge in [0.15, 0.2) is 0 Å². The maximum absolute atomic E-state index is 13.1. The largest absolute Gasteiger partial charge is 0.393 e. The standard InChI is InChI=1S/C24H35NO3S/c1-18(2)23-17-25(29(27,28)22-14-12-19(3)13-15-22)16-21(23)10-7-11-24(26)20-8-5-4-6-9-20/h7,10,12-15,20-21,24,26H,4-6,8-9,11,16-17H2,1-3H3/b10-7+/t21-,24+/m0/s1. The molecule has 0 radical (unpaired) electrons. The normalized spacial score (nSPS) is 23.0. The molecule has 1 aromatic carbocycles. The number of allylic oxidation sites excluding steroid dienone is 1. The van der Waals surface area contributed by atoms with Crippen molar-refractivity contribution in [3.63, 3.8) is 0 Å². The van der Waals surface area contributed by atoms with Crippen LogP contribution in [0.2, 0.25) is 0 Å². The summed E-state index contributed by atoms with van der Waals surface area (Å²) in [7, 11) is -3.50. The number of sulfonamides is 1. The Morgan fingerprint density at radius 3 is 2.45 bits per heavy atom. The molecule has 3 rings (SSSR count). The molecule has 1 saturated heterocycles. The van der Waals surface area contributed by atoms with Gasteiger partial charge >= 0.3 is 0 Å². The second-order valence-corrected chi connectivity index (χ2v) is 10.8. The quantitative estimate of drug-likeness (QED) is 0.674. The Hall–Kier alpha value is -1.43. The van der Waals surface area contributed by atoms with Crippen molar-refractivity contribution in [1.29, 1.82) is 0 Å². The molecule has 2 aliphatic rings. The molecular formula is C24H35NO3S. The van der Waals surface area contributed by atoms with Gasteiger partial charge in [0.05, 0.1) is 11.0 Å². The van der Waals surface area contributed by atoms with Crippen LogP contribution in [0, 0.1) is 18.8 Å².